The van der Waals surface area contributed by atoms with Gasteiger partial charge in [0.2, 0.25) is 0 Å². The van der Waals surface area contributed by atoms with Crippen molar-refractivity contribution in [3.05, 3.63) is 33.8 Å². The summed E-state index contributed by atoms with van der Waals surface area (Å²) >= 11 is 11.7. The van der Waals surface area contributed by atoms with Crippen molar-refractivity contribution in [1.82, 2.24) is 4.90 Å². The molecule has 1 aromatic carbocycles. The predicted octanol–water partition coefficient (Wildman–Crippen LogP) is 2.55. The number of hydrogen-bond acceptors (Lipinski definition) is 2. The van der Waals surface area contributed by atoms with E-state index in [0.29, 0.717) is 16.5 Å². The second kappa shape index (κ2) is 5.53. The highest BCUT2D eigenvalue weighted by atomic mass is 35.5. The van der Waals surface area contributed by atoms with Crippen LogP contribution >= 0.6 is 23.2 Å². The van der Waals surface area contributed by atoms with Gasteiger partial charge in [-0.3, -0.25) is 9.69 Å². The minimum atomic E-state index is -0.860. The fourth-order valence-corrected chi connectivity index (χ4v) is 2.01. The van der Waals surface area contributed by atoms with Gasteiger partial charge in [0.1, 0.15) is 6.04 Å². The number of benzene rings is 1. The van der Waals surface area contributed by atoms with Crippen molar-refractivity contribution >= 4 is 29.2 Å². The van der Waals surface area contributed by atoms with Gasteiger partial charge in [-0.05, 0) is 44.3 Å². The van der Waals surface area contributed by atoms with E-state index in [1.54, 1.807) is 37.2 Å². The van der Waals surface area contributed by atoms with E-state index in [0.717, 1.165) is 5.56 Å². The second-order valence-electron chi connectivity index (χ2n) is 3.80. The van der Waals surface area contributed by atoms with Crippen molar-refractivity contribution in [3.63, 3.8) is 0 Å². The number of rotatable bonds is 4. The lowest BCUT2D eigenvalue weighted by molar-refractivity contribution is -0.142. The molecule has 0 radical (unpaired) electrons. The molecule has 0 aromatic heterocycles. The van der Waals surface area contributed by atoms with Crippen LogP contribution in [0.2, 0.25) is 10.0 Å². The van der Waals surface area contributed by atoms with Crippen LogP contribution in [0.3, 0.4) is 0 Å². The Balaban J connectivity index is 2.89. The summed E-state index contributed by atoms with van der Waals surface area (Å²) in [5.74, 6) is -0.860. The number of aliphatic carboxylic acids is 1. The Morgan fingerprint density at radius 1 is 1.31 bits per heavy atom. The molecule has 0 amide bonds. The molecule has 1 N–H and O–H groups in total. The van der Waals surface area contributed by atoms with Crippen molar-refractivity contribution < 1.29 is 9.90 Å². The highest BCUT2D eigenvalue weighted by Crippen LogP contribution is 2.20. The molecule has 0 aliphatic heterocycles. The number of halogens is 2. The summed E-state index contributed by atoms with van der Waals surface area (Å²) in [6.45, 7) is 0. The van der Waals surface area contributed by atoms with Crippen LogP contribution < -0.4 is 0 Å². The van der Waals surface area contributed by atoms with Gasteiger partial charge >= 0.3 is 5.97 Å². The summed E-state index contributed by atoms with van der Waals surface area (Å²) in [6, 6.07) is 4.51. The number of carboxylic acid groups (broad SMARTS) is 1. The van der Waals surface area contributed by atoms with Crippen LogP contribution in [-0.2, 0) is 11.2 Å². The Kier molecular flexibility index (Phi) is 4.59. The van der Waals surface area contributed by atoms with Crippen LogP contribution in [0.15, 0.2) is 18.2 Å². The number of carboxylic acids is 1. The molecule has 1 aromatic rings. The maximum atomic E-state index is 11.0. The van der Waals surface area contributed by atoms with Crippen molar-refractivity contribution in [1.29, 1.82) is 0 Å². The zero-order valence-corrected chi connectivity index (χ0v) is 10.6. The molecule has 3 nitrogen and oxygen atoms in total. The molecule has 0 saturated carbocycles. The van der Waals surface area contributed by atoms with Crippen LogP contribution in [-0.4, -0.2) is 36.1 Å². The van der Waals surface area contributed by atoms with Gasteiger partial charge in [0, 0.05) is 10.0 Å². The van der Waals surface area contributed by atoms with E-state index in [4.69, 9.17) is 28.3 Å². The standard InChI is InChI=1S/C11H13Cl2NO2/c1-14(2)10(11(15)16)5-7-3-8(12)6-9(13)4-7/h3-4,6,10H,5H2,1-2H3,(H,15,16)/t10-/m1/s1. The first-order valence-electron chi connectivity index (χ1n) is 4.74. The second-order valence-corrected chi connectivity index (χ2v) is 4.67. The van der Waals surface area contributed by atoms with Crippen molar-refractivity contribution in [2.24, 2.45) is 0 Å². The molecule has 0 spiro atoms. The van der Waals surface area contributed by atoms with E-state index in [2.05, 4.69) is 0 Å². The maximum absolute atomic E-state index is 11.0. The molecule has 5 heteroatoms. The SMILES string of the molecule is CN(C)[C@H](Cc1cc(Cl)cc(Cl)c1)C(=O)O. The Bertz CT molecular complexity index is 373. The van der Waals surface area contributed by atoms with E-state index >= 15 is 0 Å². The van der Waals surface area contributed by atoms with Gasteiger partial charge < -0.3 is 5.11 Å². The molecule has 0 fully saturated rings. The Labute approximate surface area is 105 Å². The van der Waals surface area contributed by atoms with Crippen LogP contribution in [0.4, 0.5) is 0 Å². The van der Waals surface area contributed by atoms with Gasteiger partial charge in [-0.15, -0.1) is 0 Å². The van der Waals surface area contributed by atoms with Crippen molar-refractivity contribution in [3.8, 4) is 0 Å². The molecule has 0 bridgehead atoms. The summed E-state index contributed by atoms with van der Waals surface area (Å²) in [4.78, 5) is 12.7. The normalized spacial score (nSPS) is 12.8. The number of hydrogen-bond donors (Lipinski definition) is 1. The molecule has 0 unspecified atom stereocenters. The largest absolute Gasteiger partial charge is 0.480 e. The van der Waals surface area contributed by atoms with E-state index in [9.17, 15) is 4.79 Å². The van der Waals surface area contributed by atoms with Gasteiger partial charge in [0.25, 0.3) is 0 Å². The zero-order chi connectivity index (χ0) is 12.3. The van der Waals surface area contributed by atoms with Crippen LogP contribution in [0.25, 0.3) is 0 Å². The molecule has 0 aliphatic rings. The van der Waals surface area contributed by atoms with Crippen molar-refractivity contribution in [2.75, 3.05) is 14.1 Å². The van der Waals surface area contributed by atoms with Gasteiger partial charge in [0.05, 0.1) is 0 Å². The lowest BCUT2D eigenvalue weighted by atomic mass is 10.1. The minimum Gasteiger partial charge on any atom is -0.480 e. The minimum absolute atomic E-state index is 0.378. The summed E-state index contributed by atoms with van der Waals surface area (Å²) in [5, 5.41) is 10.1. The quantitative estimate of drug-likeness (QED) is 0.906. The summed E-state index contributed by atoms with van der Waals surface area (Å²) in [5.41, 5.74) is 0.818. The van der Waals surface area contributed by atoms with E-state index < -0.39 is 12.0 Å². The molecule has 88 valence electrons. The molecular formula is C11H13Cl2NO2. The summed E-state index contributed by atoms with van der Waals surface area (Å²) in [6.07, 6.45) is 0.378. The highest BCUT2D eigenvalue weighted by molar-refractivity contribution is 6.34. The molecule has 16 heavy (non-hydrogen) atoms. The fraction of sp³-hybridized carbons (Fsp3) is 0.364. The average molecular weight is 262 g/mol. The third kappa shape index (κ3) is 3.67. The van der Waals surface area contributed by atoms with Crippen molar-refractivity contribution in [2.45, 2.75) is 12.5 Å². The van der Waals surface area contributed by atoms with E-state index in [1.807, 2.05) is 0 Å². The summed E-state index contributed by atoms with van der Waals surface area (Å²) < 4.78 is 0. The molecule has 1 rings (SSSR count). The van der Waals surface area contributed by atoms with Crippen LogP contribution in [0, 0.1) is 0 Å². The van der Waals surface area contributed by atoms with Crippen LogP contribution in [0.1, 0.15) is 5.56 Å². The van der Waals surface area contributed by atoms with E-state index in [1.165, 1.54) is 0 Å². The lowest BCUT2D eigenvalue weighted by Gasteiger charge is -2.20. The highest BCUT2D eigenvalue weighted by Gasteiger charge is 2.20. The first-order chi connectivity index (χ1) is 7.40. The monoisotopic (exact) mass is 261 g/mol. The Hall–Kier alpha value is -0.770. The van der Waals surface area contributed by atoms with Crippen LogP contribution in [0.5, 0.6) is 0 Å². The Morgan fingerprint density at radius 3 is 2.19 bits per heavy atom. The molecule has 0 aliphatic carbocycles. The third-order valence-corrected chi connectivity index (χ3v) is 2.70. The molecular weight excluding hydrogens is 249 g/mol. The average Bonchev–Trinajstić information content (AvgIpc) is 2.11. The Morgan fingerprint density at radius 2 is 1.81 bits per heavy atom. The first kappa shape index (κ1) is 13.3. The van der Waals surface area contributed by atoms with Gasteiger partial charge in [0.15, 0.2) is 0 Å². The van der Waals surface area contributed by atoms with E-state index in [-0.39, 0.29) is 0 Å². The van der Waals surface area contributed by atoms with Gasteiger partial charge in [-0.25, -0.2) is 0 Å². The lowest BCUT2D eigenvalue weighted by Crippen LogP contribution is -2.37. The number of carbonyl (C=O) groups is 1. The molecule has 1 atom stereocenters. The predicted molar refractivity (Wildman–Crippen MR) is 65.3 cm³/mol. The van der Waals surface area contributed by atoms with Gasteiger partial charge in [-0.2, -0.15) is 0 Å². The number of nitrogens with zero attached hydrogens (tertiary/aromatic N) is 1. The molecule has 0 heterocycles. The zero-order valence-electron chi connectivity index (χ0n) is 9.08. The number of likely N-dealkylation sites (N-methyl/N-ethyl adjacent to an activating group) is 1. The van der Waals surface area contributed by atoms with Gasteiger partial charge in [-0.1, -0.05) is 23.2 Å². The first-order valence-corrected chi connectivity index (χ1v) is 5.50. The third-order valence-electron chi connectivity index (χ3n) is 2.26. The topological polar surface area (TPSA) is 40.5 Å². The maximum Gasteiger partial charge on any atom is 0.321 e. The summed E-state index contributed by atoms with van der Waals surface area (Å²) in [7, 11) is 3.45. The smallest absolute Gasteiger partial charge is 0.321 e. The fourth-order valence-electron chi connectivity index (χ4n) is 1.44. The molecule has 0 saturated heterocycles.